The lowest BCUT2D eigenvalue weighted by molar-refractivity contribution is 1.28. The lowest BCUT2D eigenvalue weighted by Crippen LogP contribution is -2.10. The van der Waals surface area contributed by atoms with Crippen molar-refractivity contribution in [1.29, 1.82) is 0 Å². The van der Waals surface area contributed by atoms with E-state index in [2.05, 4.69) is 290 Å². The normalized spacial score (nSPS) is 11.0. The lowest BCUT2D eigenvalue weighted by atomic mass is 9.94. The molecule has 11 aromatic carbocycles. The van der Waals surface area contributed by atoms with Crippen LogP contribution < -0.4 is 4.90 Å². The summed E-state index contributed by atoms with van der Waals surface area (Å²) in [6.45, 7) is 0. The van der Waals surface area contributed by atoms with Gasteiger partial charge in [0.25, 0.3) is 0 Å². The molecule has 0 saturated heterocycles. The second-order valence-corrected chi connectivity index (χ2v) is 17.0. The predicted octanol–water partition coefficient (Wildman–Crippen LogP) is 18.5. The molecule has 1 nitrogen and oxygen atoms in total. The van der Waals surface area contributed by atoms with Gasteiger partial charge < -0.3 is 4.90 Å². The second-order valence-electron chi connectivity index (χ2n) is 17.0. The van der Waals surface area contributed by atoms with Crippen molar-refractivity contribution in [3.63, 3.8) is 0 Å². The third-order valence-electron chi connectivity index (χ3n) is 12.7. The van der Waals surface area contributed by atoms with Gasteiger partial charge in [0.15, 0.2) is 0 Å². The van der Waals surface area contributed by atoms with Gasteiger partial charge >= 0.3 is 0 Å². The van der Waals surface area contributed by atoms with Crippen LogP contribution in [0, 0.1) is 0 Å². The van der Waals surface area contributed by atoms with Gasteiger partial charge in [-0.25, -0.2) is 0 Å². The number of hydrogen-bond donors (Lipinski definition) is 0. The van der Waals surface area contributed by atoms with E-state index in [9.17, 15) is 0 Å². The van der Waals surface area contributed by atoms with Gasteiger partial charge in [-0.15, -0.1) is 0 Å². The van der Waals surface area contributed by atoms with Gasteiger partial charge in [-0.1, -0.05) is 243 Å². The van der Waals surface area contributed by atoms with Crippen molar-refractivity contribution in [2.24, 2.45) is 0 Å². The summed E-state index contributed by atoms with van der Waals surface area (Å²) in [5, 5.41) is 0. The van der Waals surface area contributed by atoms with Gasteiger partial charge in [0.1, 0.15) is 0 Å². The van der Waals surface area contributed by atoms with E-state index in [1.165, 1.54) is 66.8 Å². The van der Waals surface area contributed by atoms with E-state index < -0.39 is 0 Å². The first kappa shape index (κ1) is 41.0. The molecular weight excluding hydrogens is 807 g/mol. The zero-order valence-corrected chi connectivity index (χ0v) is 37.1. The third kappa shape index (κ3) is 9.00. The van der Waals surface area contributed by atoms with E-state index in [-0.39, 0.29) is 0 Å². The number of benzene rings is 11. The molecule has 0 heterocycles. The molecular formula is C66H47N. The monoisotopic (exact) mass is 853 g/mol. The van der Waals surface area contributed by atoms with Crippen LogP contribution in [0.15, 0.2) is 285 Å². The minimum absolute atomic E-state index is 1.08. The molecule has 0 aliphatic rings. The molecule has 0 aliphatic heterocycles. The first-order valence-electron chi connectivity index (χ1n) is 23.0. The number of rotatable bonds is 11. The summed E-state index contributed by atoms with van der Waals surface area (Å²) in [6, 6.07) is 103. The topological polar surface area (TPSA) is 3.24 Å². The minimum Gasteiger partial charge on any atom is -0.310 e. The fraction of sp³-hybridized carbons (Fsp3) is 0. The van der Waals surface area contributed by atoms with Crippen LogP contribution in [0.2, 0.25) is 0 Å². The number of hydrogen-bond acceptors (Lipinski definition) is 1. The highest BCUT2D eigenvalue weighted by atomic mass is 15.1. The molecule has 0 N–H and O–H groups in total. The maximum atomic E-state index is 2.40. The van der Waals surface area contributed by atoms with E-state index in [4.69, 9.17) is 0 Å². The van der Waals surface area contributed by atoms with Crippen LogP contribution in [-0.2, 0) is 0 Å². The Balaban J connectivity index is 1.01. The van der Waals surface area contributed by atoms with Crippen molar-refractivity contribution in [3.8, 4) is 89.0 Å². The van der Waals surface area contributed by atoms with Gasteiger partial charge in [-0.2, -0.15) is 0 Å². The zero-order valence-electron chi connectivity index (χ0n) is 37.1. The Labute approximate surface area is 394 Å². The average Bonchev–Trinajstić information content (AvgIpc) is 3.42. The largest absolute Gasteiger partial charge is 0.310 e. The van der Waals surface area contributed by atoms with Gasteiger partial charge in [0, 0.05) is 17.1 Å². The standard InChI is InChI=1S/C66H47N/c1-5-13-48(14-6-1)52-21-25-56(26-22-52)58-37-41-64(42-38-58)67(65-43-39-59(40-44-65)57-27-23-53(24-28-57)49-15-7-2-8-16-49)66-46-62(60-33-29-54(30-34-60)50-17-9-3-10-18-50)45-63(47-66)61-35-31-55(32-36-61)51-19-11-4-12-20-51/h1-47H. The van der Waals surface area contributed by atoms with E-state index in [1.54, 1.807) is 0 Å². The van der Waals surface area contributed by atoms with Gasteiger partial charge in [0.05, 0.1) is 0 Å². The van der Waals surface area contributed by atoms with Crippen molar-refractivity contribution in [1.82, 2.24) is 0 Å². The molecule has 0 atom stereocenters. The molecule has 316 valence electrons. The molecule has 0 bridgehead atoms. The molecule has 0 saturated carbocycles. The fourth-order valence-corrected chi connectivity index (χ4v) is 9.07. The SMILES string of the molecule is c1ccc(-c2ccc(-c3ccc(N(c4ccc(-c5ccc(-c6ccccc6)cc5)cc4)c4cc(-c5ccc(-c6ccccc6)cc5)cc(-c5ccc(-c6ccccc6)cc5)c4)cc3)cc2)cc1. The molecule has 0 fully saturated rings. The first-order chi connectivity index (χ1) is 33.2. The quantitative estimate of drug-likeness (QED) is 0.125. The van der Waals surface area contributed by atoms with Crippen molar-refractivity contribution >= 4 is 17.1 Å². The Bertz CT molecular complexity index is 3120. The zero-order chi connectivity index (χ0) is 44.8. The van der Waals surface area contributed by atoms with Crippen LogP contribution in [0.5, 0.6) is 0 Å². The maximum Gasteiger partial charge on any atom is 0.0473 e. The third-order valence-corrected chi connectivity index (χ3v) is 12.7. The molecule has 0 radical (unpaired) electrons. The summed E-state index contributed by atoms with van der Waals surface area (Å²) in [5.74, 6) is 0. The van der Waals surface area contributed by atoms with Crippen LogP contribution >= 0.6 is 0 Å². The van der Waals surface area contributed by atoms with Crippen molar-refractivity contribution in [2.45, 2.75) is 0 Å². The van der Waals surface area contributed by atoms with Gasteiger partial charge in [-0.3, -0.25) is 0 Å². The predicted molar refractivity (Wildman–Crippen MR) is 285 cm³/mol. The summed E-state index contributed by atoms with van der Waals surface area (Å²) in [4.78, 5) is 2.40. The van der Waals surface area contributed by atoms with Crippen LogP contribution in [0.4, 0.5) is 17.1 Å². The van der Waals surface area contributed by atoms with E-state index in [0.29, 0.717) is 0 Å². The molecule has 0 spiro atoms. The van der Waals surface area contributed by atoms with Crippen molar-refractivity contribution in [2.75, 3.05) is 4.90 Å². The van der Waals surface area contributed by atoms with E-state index in [1.807, 2.05) is 0 Å². The summed E-state index contributed by atoms with van der Waals surface area (Å²) < 4.78 is 0. The summed E-state index contributed by atoms with van der Waals surface area (Å²) in [6.07, 6.45) is 0. The Hall–Kier alpha value is -8.78. The van der Waals surface area contributed by atoms with Crippen LogP contribution in [0.1, 0.15) is 0 Å². The number of anilines is 3. The second kappa shape index (κ2) is 18.7. The first-order valence-corrected chi connectivity index (χ1v) is 23.0. The fourth-order valence-electron chi connectivity index (χ4n) is 9.07. The van der Waals surface area contributed by atoms with E-state index in [0.717, 1.165) is 39.3 Å². The molecule has 0 aliphatic carbocycles. The molecule has 0 aromatic heterocycles. The van der Waals surface area contributed by atoms with Crippen LogP contribution in [0.3, 0.4) is 0 Å². The highest BCUT2D eigenvalue weighted by molar-refractivity contribution is 5.87. The Morgan fingerprint density at radius 3 is 0.537 bits per heavy atom. The Morgan fingerprint density at radius 1 is 0.134 bits per heavy atom. The molecule has 11 aromatic rings. The smallest absolute Gasteiger partial charge is 0.0473 e. The molecule has 11 rings (SSSR count). The molecule has 1 heteroatoms. The van der Waals surface area contributed by atoms with E-state index >= 15 is 0 Å². The Morgan fingerprint density at radius 2 is 0.313 bits per heavy atom. The highest BCUT2D eigenvalue weighted by Crippen LogP contribution is 2.42. The average molecular weight is 854 g/mol. The summed E-state index contributed by atoms with van der Waals surface area (Å²) in [5.41, 5.74) is 22.2. The highest BCUT2D eigenvalue weighted by Gasteiger charge is 2.17. The Kier molecular flexibility index (Phi) is 11.5. The summed E-state index contributed by atoms with van der Waals surface area (Å²) >= 11 is 0. The van der Waals surface area contributed by atoms with Crippen molar-refractivity contribution in [3.05, 3.63) is 285 Å². The maximum absolute atomic E-state index is 2.40. The minimum atomic E-state index is 1.08. The van der Waals surface area contributed by atoms with Gasteiger partial charge in [-0.05, 0) is 131 Å². The van der Waals surface area contributed by atoms with Gasteiger partial charge in [0.2, 0.25) is 0 Å². The molecule has 0 unspecified atom stereocenters. The molecule has 67 heavy (non-hydrogen) atoms. The van der Waals surface area contributed by atoms with Crippen molar-refractivity contribution < 1.29 is 0 Å². The summed E-state index contributed by atoms with van der Waals surface area (Å²) in [7, 11) is 0. The number of nitrogens with zero attached hydrogens (tertiary/aromatic N) is 1. The van der Waals surface area contributed by atoms with Crippen LogP contribution in [0.25, 0.3) is 89.0 Å². The van der Waals surface area contributed by atoms with Crippen LogP contribution in [-0.4, -0.2) is 0 Å². The lowest BCUT2D eigenvalue weighted by Gasteiger charge is -2.27. The molecule has 0 amide bonds.